The standard InChI is InChI=1S/C20H26N2O2/c1-4-22(18-8-6-7-16(3)15-18)20(23)13-14-21-17-9-11-19(12-10-17)24-5-2/h6-12,15,21H,4-5,13-14H2,1-3H3. The average molecular weight is 326 g/mol. The van der Waals surface area contributed by atoms with Gasteiger partial charge in [-0.3, -0.25) is 4.79 Å². The Morgan fingerprint density at radius 1 is 1.12 bits per heavy atom. The van der Waals surface area contributed by atoms with Crippen molar-refractivity contribution >= 4 is 17.3 Å². The van der Waals surface area contributed by atoms with Crippen LogP contribution < -0.4 is 15.0 Å². The second kappa shape index (κ2) is 8.96. The lowest BCUT2D eigenvalue weighted by Crippen LogP contribution is -2.31. The van der Waals surface area contributed by atoms with Crippen molar-refractivity contribution in [3.63, 3.8) is 0 Å². The van der Waals surface area contributed by atoms with Crippen molar-refractivity contribution < 1.29 is 9.53 Å². The van der Waals surface area contributed by atoms with Gasteiger partial charge in [0.05, 0.1) is 6.61 Å². The average Bonchev–Trinajstić information content (AvgIpc) is 2.57. The van der Waals surface area contributed by atoms with E-state index in [2.05, 4.69) is 5.32 Å². The van der Waals surface area contributed by atoms with Crippen LogP contribution in [0, 0.1) is 6.92 Å². The van der Waals surface area contributed by atoms with Crippen molar-refractivity contribution in [3.05, 3.63) is 54.1 Å². The highest BCUT2D eigenvalue weighted by atomic mass is 16.5. The van der Waals surface area contributed by atoms with Crippen molar-refractivity contribution in [1.82, 2.24) is 0 Å². The molecule has 4 nitrogen and oxygen atoms in total. The highest BCUT2D eigenvalue weighted by Gasteiger charge is 2.13. The molecule has 0 spiro atoms. The normalized spacial score (nSPS) is 10.3. The smallest absolute Gasteiger partial charge is 0.228 e. The van der Waals surface area contributed by atoms with Crippen molar-refractivity contribution in [2.24, 2.45) is 0 Å². The van der Waals surface area contributed by atoms with Gasteiger partial charge in [-0.25, -0.2) is 0 Å². The van der Waals surface area contributed by atoms with Crippen LogP contribution in [0.4, 0.5) is 11.4 Å². The Morgan fingerprint density at radius 3 is 2.50 bits per heavy atom. The Labute approximate surface area is 144 Å². The molecule has 0 aliphatic heterocycles. The summed E-state index contributed by atoms with van der Waals surface area (Å²) in [6.07, 6.45) is 0.453. The molecule has 1 N–H and O–H groups in total. The maximum atomic E-state index is 12.5. The van der Waals surface area contributed by atoms with E-state index in [0.29, 0.717) is 26.1 Å². The van der Waals surface area contributed by atoms with Crippen LogP contribution in [0.25, 0.3) is 0 Å². The quantitative estimate of drug-likeness (QED) is 0.788. The molecule has 0 radical (unpaired) electrons. The molecule has 0 atom stereocenters. The Balaban J connectivity index is 1.87. The van der Waals surface area contributed by atoms with Gasteiger partial charge in [0.1, 0.15) is 5.75 Å². The van der Waals surface area contributed by atoms with Crippen molar-refractivity contribution in [2.75, 3.05) is 29.9 Å². The third-order valence-corrected chi connectivity index (χ3v) is 3.76. The van der Waals surface area contributed by atoms with Crippen molar-refractivity contribution in [1.29, 1.82) is 0 Å². The van der Waals surface area contributed by atoms with Gasteiger partial charge in [-0.15, -0.1) is 0 Å². The SMILES string of the molecule is CCOc1ccc(NCCC(=O)N(CC)c2cccc(C)c2)cc1. The lowest BCUT2D eigenvalue weighted by Gasteiger charge is -2.21. The van der Waals surface area contributed by atoms with Crippen LogP contribution in [0.5, 0.6) is 5.75 Å². The fourth-order valence-electron chi connectivity index (χ4n) is 2.58. The molecule has 0 aliphatic carbocycles. The number of nitrogens with zero attached hydrogens (tertiary/aromatic N) is 1. The van der Waals surface area contributed by atoms with Crippen LogP contribution in [0.1, 0.15) is 25.8 Å². The van der Waals surface area contributed by atoms with Crippen molar-refractivity contribution in [3.8, 4) is 5.75 Å². The molecule has 0 heterocycles. The molecule has 0 unspecified atom stereocenters. The number of carbonyl (C=O) groups excluding carboxylic acids is 1. The van der Waals surface area contributed by atoms with Gasteiger partial charge in [0, 0.05) is 30.9 Å². The molecule has 0 fully saturated rings. The minimum Gasteiger partial charge on any atom is -0.494 e. The van der Waals surface area contributed by atoms with E-state index in [-0.39, 0.29) is 5.91 Å². The molecule has 2 aromatic rings. The number of ether oxygens (including phenoxy) is 1. The minimum absolute atomic E-state index is 0.126. The number of amides is 1. The molecule has 0 bridgehead atoms. The first-order valence-corrected chi connectivity index (χ1v) is 8.47. The molecule has 2 rings (SSSR count). The number of hydrogen-bond donors (Lipinski definition) is 1. The first-order chi connectivity index (χ1) is 11.6. The molecule has 24 heavy (non-hydrogen) atoms. The molecule has 1 amide bonds. The number of nitrogens with one attached hydrogen (secondary N) is 1. The summed E-state index contributed by atoms with van der Waals surface area (Å²) in [4.78, 5) is 14.3. The summed E-state index contributed by atoms with van der Waals surface area (Å²) in [6, 6.07) is 15.8. The van der Waals surface area contributed by atoms with Gasteiger partial charge in [-0.05, 0) is 62.7 Å². The maximum Gasteiger partial charge on any atom is 0.228 e. The highest BCUT2D eigenvalue weighted by molar-refractivity contribution is 5.93. The second-order valence-electron chi connectivity index (χ2n) is 5.61. The molecule has 0 aliphatic rings. The van der Waals surface area contributed by atoms with Gasteiger partial charge in [0.2, 0.25) is 5.91 Å². The number of benzene rings is 2. The van der Waals surface area contributed by atoms with E-state index in [9.17, 15) is 4.79 Å². The van der Waals surface area contributed by atoms with E-state index in [1.54, 1.807) is 0 Å². The van der Waals surface area contributed by atoms with E-state index in [4.69, 9.17) is 4.74 Å². The first-order valence-electron chi connectivity index (χ1n) is 8.47. The zero-order valence-electron chi connectivity index (χ0n) is 14.7. The predicted molar refractivity (Wildman–Crippen MR) is 99.9 cm³/mol. The zero-order chi connectivity index (χ0) is 17.4. The predicted octanol–water partition coefficient (Wildman–Crippen LogP) is 4.25. The van der Waals surface area contributed by atoms with Crippen LogP contribution in [-0.4, -0.2) is 25.6 Å². The van der Waals surface area contributed by atoms with Gasteiger partial charge in [-0.2, -0.15) is 0 Å². The summed E-state index contributed by atoms with van der Waals surface area (Å²) in [6.45, 7) is 7.94. The monoisotopic (exact) mass is 326 g/mol. The third-order valence-electron chi connectivity index (χ3n) is 3.76. The minimum atomic E-state index is 0.126. The van der Waals surface area contributed by atoms with Crippen LogP contribution in [-0.2, 0) is 4.79 Å². The summed E-state index contributed by atoms with van der Waals surface area (Å²) in [7, 11) is 0. The fourth-order valence-corrected chi connectivity index (χ4v) is 2.58. The third kappa shape index (κ3) is 5.01. The van der Waals surface area contributed by atoms with Gasteiger partial charge in [0.15, 0.2) is 0 Å². The van der Waals surface area contributed by atoms with Crippen LogP contribution in [0.2, 0.25) is 0 Å². The molecular weight excluding hydrogens is 300 g/mol. The molecule has 0 aromatic heterocycles. The molecular formula is C20H26N2O2. The maximum absolute atomic E-state index is 12.5. The zero-order valence-corrected chi connectivity index (χ0v) is 14.7. The summed E-state index contributed by atoms with van der Waals surface area (Å²) in [5.41, 5.74) is 3.11. The molecule has 2 aromatic carbocycles. The Morgan fingerprint density at radius 2 is 1.88 bits per heavy atom. The summed E-state index contributed by atoms with van der Waals surface area (Å²) < 4.78 is 5.42. The number of hydrogen-bond acceptors (Lipinski definition) is 3. The number of anilines is 2. The summed E-state index contributed by atoms with van der Waals surface area (Å²) >= 11 is 0. The molecule has 4 heteroatoms. The van der Waals surface area contributed by atoms with Gasteiger partial charge in [0.25, 0.3) is 0 Å². The Kier molecular flexibility index (Phi) is 6.67. The van der Waals surface area contributed by atoms with Crippen LogP contribution in [0.3, 0.4) is 0 Å². The number of aryl methyl sites for hydroxylation is 1. The topological polar surface area (TPSA) is 41.6 Å². The van der Waals surface area contributed by atoms with Crippen molar-refractivity contribution in [2.45, 2.75) is 27.2 Å². The van der Waals surface area contributed by atoms with Crippen LogP contribution >= 0.6 is 0 Å². The number of carbonyl (C=O) groups is 1. The number of rotatable bonds is 8. The first kappa shape index (κ1) is 17.9. The van der Waals surface area contributed by atoms with Gasteiger partial charge >= 0.3 is 0 Å². The van der Waals surface area contributed by atoms with E-state index in [0.717, 1.165) is 22.7 Å². The summed E-state index contributed by atoms with van der Waals surface area (Å²) in [5, 5.41) is 3.28. The van der Waals surface area contributed by atoms with E-state index in [1.165, 1.54) is 0 Å². The van der Waals surface area contributed by atoms with E-state index in [1.807, 2.05) is 74.2 Å². The van der Waals surface area contributed by atoms with Crippen LogP contribution in [0.15, 0.2) is 48.5 Å². The van der Waals surface area contributed by atoms with E-state index < -0.39 is 0 Å². The largest absolute Gasteiger partial charge is 0.494 e. The Bertz CT molecular complexity index is 653. The Hall–Kier alpha value is -2.49. The van der Waals surface area contributed by atoms with E-state index >= 15 is 0 Å². The molecule has 128 valence electrons. The fraction of sp³-hybridized carbons (Fsp3) is 0.350. The molecule has 0 saturated carbocycles. The lowest BCUT2D eigenvalue weighted by atomic mass is 10.2. The highest BCUT2D eigenvalue weighted by Crippen LogP contribution is 2.18. The molecule has 0 saturated heterocycles. The lowest BCUT2D eigenvalue weighted by molar-refractivity contribution is -0.118. The van der Waals surface area contributed by atoms with Gasteiger partial charge < -0.3 is 15.0 Å². The van der Waals surface area contributed by atoms with Gasteiger partial charge in [-0.1, -0.05) is 12.1 Å². The summed E-state index contributed by atoms with van der Waals surface area (Å²) in [5.74, 6) is 0.984. The second-order valence-corrected chi connectivity index (χ2v) is 5.61.